The van der Waals surface area contributed by atoms with Crippen molar-refractivity contribution in [2.45, 2.75) is 6.54 Å². The smallest absolute Gasteiger partial charge is 0.293 e. The maximum absolute atomic E-state index is 8.92. The number of aliphatic hydroxyl groups is 1. The van der Waals surface area contributed by atoms with E-state index in [4.69, 9.17) is 14.0 Å². The van der Waals surface area contributed by atoms with Crippen LogP contribution < -0.4 is 0 Å². The lowest BCUT2D eigenvalue weighted by Crippen LogP contribution is -2.46. The Morgan fingerprint density at radius 1 is 1.20 bits per heavy atom. The molecule has 0 bridgehead atoms. The Morgan fingerprint density at radius 2 is 2.00 bits per heavy atom. The number of hydrogen-bond donors (Lipinski definition) is 1. The Kier molecular flexibility index (Phi) is 4.10. The van der Waals surface area contributed by atoms with Crippen LogP contribution in [0.5, 0.6) is 0 Å². The second-order valence-corrected chi connectivity index (χ2v) is 4.83. The van der Waals surface area contributed by atoms with Gasteiger partial charge in [0.15, 0.2) is 11.6 Å². The molecule has 1 saturated heterocycles. The number of nitrogens with zero attached hydrogens (tertiary/aromatic N) is 4. The Hall–Kier alpha value is -1.70. The number of rotatable bonds is 5. The number of piperazine rings is 1. The molecule has 0 aliphatic carbocycles. The van der Waals surface area contributed by atoms with Gasteiger partial charge < -0.3 is 14.0 Å². The highest BCUT2D eigenvalue weighted by Crippen LogP contribution is 2.17. The summed E-state index contributed by atoms with van der Waals surface area (Å²) in [7, 11) is 0. The highest BCUT2D eigenvalue weighted by molar-refractivity contribution is 5.42. The van der Waals surface area contributed by atoms with Crippen LogP contribution >= 0.6 is 0 Å². The third kappa shape index (κ3) is 3.06. The molecule has 108 valence electrons. The van der Waals surface area contributed by atoms with Gasteiger partial charge in [0.1, 0.15) is 0 Å². The van der Waals surface area contributed by atoms with Crippen molar-refractivity contribution in [2.75, 3.05) is 39.3 Å². The van der Waals surface area contributed by atoms with Gasteiger partial charge in [-0.15, -0.1) is 0 Å². The van der Waals surface area contributed by atoms with E-state index in [1.54, 1.807) is 18.4 Å². The third-order valence-corrected chi connectivity index (χ3v) is 3.45. The van der Waals surface area contributed by atoms with Gasteiger partial charge in [-0.2, -0.15) is 4.98 Å². The molecule has 0 saturated carbocycles. The van der Waals surface area contributed by atoms with E-state index in [-0.39, 0.29) is 6.61 Å². The Balaban J connectivity index is 1.54. The summed E-state index contributed by atoms with van der Waals surface area (Å²) >= 11 is 0. The van der Waals surface area contributed by atoms with Gasteiger partial charge in [0.2, 0.25) is 0 Å². The first-order valence-electron chi connectivity index (χ1n) is 6.77. The molecule has 0 spiro atoms. The van der Waals surface area contributed by atoms with Gasteiger partial charge in [-0.1, -0.05) is 5.16 Å². The van der Waals surface area contributed by atoms with Crippen molar-refractivity contribution in [1.82, 2.24) is 19.9 Å². The van der Waals surface area contributed by atoms with Gasteiger partial charge in [0.05, 0.1) is 19.4 Å². The van der Waals surface area contributed by atoms with E-state index in [0.717, 1.165) is 32.7 Å². The molecule has 1 fully saturated rings. The summed E-state index contributed by atoms with van der Waals surface area (Å²) in [5.74, 6) is 1.69. The van der Waals surface area contributed by atoms with Gasteiger partial charge in [-0.05, 0) is 12.1 Å². The molecule has 0 amide bonds. The van der Waals surface area contributed by atoms with Gasteiger partial charge in [-0.3, -0.25) is 9.80 Å². The van der Waals surface area contributed by atoms with Gasteiger partial charge in [0.25, 0.3) is 5.89 Å². The van der Waals surface area contributed by atoms with Crippen molar-refractivity contribution >= 4 is 0 Å². The van der Waals surface area contributed by atoms with Crippen LogP contribution in [0.4, 0.5) is 0 Å². The Morgan fingerprint density at radius 3 is 2.70 bits per heavy atom. The summed E-state index contributed by atoms with van der Waals surface area (Å²) in [4.78, 5) is 8.87. The second kappa shape index (κ2) is 6.17. The molecule has 2 aromatic heterocycles. The van der Waals surface area contributed by atoms with Gasteiger partial charge in [-0.25, -0.2) is 0 Å². The zero-order valence-corrected chi connectivity index (χ0v) is 11.2. The number of furan rings is 1. The summed E-state index contributed by atoms with van der Waals surface area (Å²) in [6, 6.07) is 3.59. The van der Waals surface area contributed by atoms with Crippen LogP contribution in [-0.2, 0) is 6.54 Å². The van der Waals surface area contributed by atoms with Crippen molar-refractivity contribution in [3.05, 3.63) is 24.2 Å². The van der Waals surface area contributed by atoms with E-state index in [0.29, 0.717) is 24.0 Å². The Labute approximate surface area is 116 Å². The normalized spacial score (nSPS) is 17.6. The predicted octanol–water partition coefficient (Wildman–Crippen LogP) is 0.439. The molecule has 0 atom stereocenters. The zero-order valence-electron chi connectivity index (χ0n) is 11.2. The highest BCUT2D eigenvalue weighted by Gasteiger charge is 2.19. The van der Waals surface area contributed by atoms with Crippen LogP contribution in [0.25, 0.3) is 11.7 Å². The first kappa shape index (κ1) is 13.3. The predicted molar refractivity (Wildman–Crippen MR) is 70.8 cm³/mol. The van der Waals surface area contributed by atoms with Crippen LogP contribution in [0.3, 0.4) is 0 Å². The van der Waals surface area contributed by atoms with Crippen molar-refractivity contribution in [1.29, 1.82) is 0 Å². The lowest BCUT2D eigenvalue weighted by atomic mass is 10.3. The average Bonchev–Trinajstić information content (AvgIpc) is 3.12. The van der Waals surface area contributed by atoms with Gasteiger partial charge >= 0.3 is 0 Å². The minimum Gasteiger partial charge on any atom is -0.459 e. The monoisotopic (exact) mass is 278 g/mol. The molecule has 7 nitrogen and oxygen atoms in total. The molecule has 3 rings (SSSR count). The fourth-order valence-corrected chi connectivity index (χ4v) is 2.33. The van der Waals surface area contributed by atoms with Crippen LogP contribution in [0.1, 0.15) is 5.82 Å². The van der Waals surface area contributed by atoms with E-state index >= 15 is 0 Å². The first-order chi connectivity index (χ1) is 9.85. The molecule has 2 aromatic rings. The number of hydrogen-bond acceptors (Lipinski definition) is 7. The van der Waals surface area contributed by atoms with Crippen molar-refractivity contribution in [3.63, 3.8) is 0 Å². The lowest BCUT2D eigenvalue weighted by molar-refractivity contribution is 0.106. The molecule has 3 heterocycles. The van der Waals surface area contributed by atoms with Crippen LogP contribution in [0.2, 0.25) is 0 Å². The fourth-order valence-electron chi connectivity index (χ4n) is 2.33. The second-order valence-electron chi connectivity index (χ2n) is 4.83. The maximum Gasteiger partial charge on any atom is 0.293 e. The van der Waals surface area contributed by atoms with E-state index in [9.17, 15) is 0 Å². The summed E-state index contributed by atoms with van der Waals surface area (Å²) in [6.45, 7) is 5.47. The maximum atomic E-state index is 8.92. The van der Waals surface area contributed by atoms with E-state index in [1.165, 1.54) is 0 Å². The molecular formula is C13H18N4O3. The third-order valence-electron chi connectivity index (χ3n) is 3.45. The van der Waals surface area contributed by atoms with E-state index < -0.39 is 0 Å². The minimum atomic E-state index is 0.220. The van der Waals surface area contributed by atoms with Crippen LogP contribution in [-0.4, -0.2) is 64.4 Å². The fraction of sp³-hybridized carbons (Fsp3) is 0.538. The van der Waals surface area contributed by atoms with Crippen molar-refractivity contribution in [2.24, 2.45) is 0 Å². The first-order valence-corrected chi connectivity index (χ1v) is 6.77. The quantitative estimate of drug-likeness (QED) is 0.850. The molecular weight excluding hydrogens is 260 g/mol. The summed E-state index contributed by atoms with van der Waals surface area (Å²) in [5, 5.41) is 12.9. The van der Waals surface area contributed by atoms with Crippen LogP contribution in [0.15, 0.2) is 27.3 Å². The molecule has 0 unspecified atom stereocenters. The molecule has 1 aliphatic rings. The zero-order chi connectivity index (χ0) is 13.8. The average molecular weight is 278 g/mol. The number of aliphatic hydroxyl groups excluding tert-OH is 1. The molecule has 0 radical (unpaired) electrons. The molecule has 0 aromatic carbocycles. The summed E-state index contributed by atoms with van der Waals surface area (Å²) in [6.07, 6.45) is 1.58. The SMILES string of the molecule is OCCN1CCN(Cc2noc(-c3ccco3)n2)CC1. The topological polar surface area (TPSA) is 78.8 Å². The molecule has 7 heteroatoms. The van der Waals surface area contributed by atoms with E-state index in [2.05, 4.69) is 19.9 Å². The van der Waals surface area contributed by atoms with Crippen LogP contribution in [0, 0.1) is 0 Å². The largest absolute Gasteiger partial charge is 0.459 e. The lowest BCUT2D eigenvalue weighted by Gasteiger charge is -2.33. The summed E-state index contributed by atoms with van der Waals surface area (Å²) in [5.41, 5.74) is 0. The van der Waals surface area contributed by atoms with Gasteiger partial charge in [0, 0.05) is 32.7 Å². The highest BCUT2D eigenvalue weighted by atomic mass is 16.5. The molecule has 1 aliphatic heterocycles. The van der Waals surface area contributed by atoms with Crippen molar-refractivity contribution < 1.29 is 14.0 Å². The standard InChI is InChI=1S/C13H18N4O3/c18-8-7-16-3-5-17(6-4-16)10-12-14-13(20-15-12)11-2-1-9-19-11/h1-2,9,18H,3-8,10H2. The van der Waals surface area contributed by atoms with Crippen molar-refractivity contribution in [3.8, 4) is 11.7 Å². The number of aromatic nitrogens is 2. The summed E-state index contributed by atoms with van der Waals surface area (Å²) < 4.78 is 10.4. The Bertz CT molecular complexity index is 517. The van der Waals surface area contributed by atoms with E-state index in [1.807, 2.05) is 0 Å². The minimum absolute atomic E-state index is 0.220. The number of β-amino-alcohol motifs (C(OH)–C–C–N with tert-alkyl or cyclic N) is 1. The molecule has 1 N–H and O–H groups in total. The molecule has 20 heavy (non-hydrogen) atoms.